The summed E-state index contributed by atoms with van der Waals surface area (Å²) < 4.78 is 1.73. The smallest absolute Gasteiger partial charge is 0.237 e. The summed E-state index contributed by atoms with van der Waals surface area (Å²) in [6.07, 6.45) is 2.09. The highest BCUT2D eigenvalue weighted by molar-refractivity contribution is 7.99. The molecule has 0 saturated heterocycles. The van der Waals surface area contributed by atoms with Gasteiger partial charge >= 0.3 is 0 Å². The van der Waals surface area contributed by atoms with E-state index in [0.717, 1.165) is 35.1 Å². The fourth-order valence-corrected chi connectivity index (χ4v) is 3.69. The quantitative estimate of drug-likeness (QED) is 0.612. The summed E-state index contributed by atoms with van der Waals surface area (Å²) in [5, 5.41) is 14.0. The summed E-state index contributed by atoms with van der Waals surface area (Å²) in [5.74, 6) is 0.717. The Bertz CT molecular complexity index is 1010. The normalized spacial score (nSPS) is 13.6. The summed E-state index contributed by atoms with van der Waals surface area (Å²) in [7, 11) is 0. The lowest BCUT2D eigenvalue weighted by molar-refractivity contribution is -0.118. The number of fused-ring (bicyclic) bond motifs is 1. The maximum atomic E-state index is 12.3. The van der Waals surface area contributed by atoms with Crippen LogP contribution < -0.4 is 11.1 Å². The van der Waals surface area contributed by atoms with Gasteiger partial charge in [0.1, 0.15) is 12.4 Å². The molecule has 2 amide bonds. The molecule has 4 rings (SSSR count). The topological polar surface area (TPSA) is 103 Å². The van der Waals surface area contributed by atoms with Crippen LogP contribution in [0.1, 0.15) is 24.6 Å². The van der Waals surface area contributed by atoms with Crippen molar-refractivity contribution in [2.24, 2.45) is 5.73 Å². The monoisotopic (exact) mass is 381 g/mol. The van der Waals surface area contributed by atoms with Gasteiger partial charge in [-0.3, -0.25) is 14.2 Å². The molecular formula is C19H19N5O2S. The fraction of sp³-hybridized carbons (Fsp3) is 0.263. The third kappa shape index (κ3) is 4.11. The molecule has 0 unspecified atom stereocenters. The predicted octanol–water partition coefficient (Wildman–Crippen LogP) is 2.52. The van der Waals surface area contributed by atoms with Crippen LogP contribution in [-0.4, -0.2) is 32.3 Å². The van der Waals surface area contributed by atoms with Gasteiger partial charge in [0.25, 0.3) is 0 Å². The van der Waals surface area contributed by atoms with Crippen LogP contribution in [-0.2, 0) is 16.1 Å². The van der Waals surface area contributed by atoms with E-state index in [1.807, 2.05) is 42.5 Å². The molecule has 2 aromatic carbocycles. The second-order valence-electron chi connectivity index (χ2n) is 6.57. The molecule has 27 heavy (non-hydrogen) atoms. The van der Waals surface area contributed by atoms with E-state index in [2.05, 4.69) is 15.5 Å². The van der Waals surface area contributed by atoms with Crippen LogP contribution in [0.4, 0.5) is 5.69 Å². The van der Waals surface area contributed by atoms with Crippen LogP contribution in [0, 0.1) is 0 Å². The van der Waals surface area contributed by atoms with Crippen molar-refractivity contribution in [2.75, 3.05) is 11.1 Å². The second kappa shape index (κ2) is 7.40. The predicted molar refractivity (Wildman–Crippen MR) is 104 cm³/mol. The van der Waals surface area contributed by atoms with Gasteiger partial charge < -0.3 is 11.1 Å². The maximum Gasteiger partial charge on any atom is 0.237 e. The third-order valence-electron chi connectivity index (χ3n) is 4.37. The molecule has 3 N–H and O–H groups in total. The standard InChI is InChI=1S/C19H19N5O2S/c20-16(25)10-24-18(13-5-6-13)22-23-19(24)27-11-17(26)21-15-8-7-12-3-1-2-4-14(12)9-15/h1-4,7-9,13H,5-6,10-11H2,(H2,20,25)(H,21,26). The van der Waals surface area contributed by atoms with Crippen molar-refractivity contribution < 1.29 is 9.59 Å². The van der Waals surface area contributed by atoms with E-state index >= 15 is 0 Å². The molecule has 1 saturated carbocycles. The molecule has 1 fully saturated rings. The average Bonchev–Trinajstić information content (AvgIpc) is 3.42. The highest BCUT2D eigenvalue weighted by Crippen LogP contribution is 2.40. The van der Waals surface area contributed by atoms with Crippen LogP contribution in [0.25, 0.3) is 10.8 Å². The van der Waals surface area contributed by atoms with Gasteiger partial charge in [-0.2, -0.15) is 0 Å². The molecule has 1 aliphatic rings. The van der Waals surface area contributed by atoms with Gasteiger partial charge in [0.2, 0.25) is 11.8 Å². The molecule has 0 aliphatic heterocycles. The number of carbonyl (C=O) groups excluding carboxylic acids is 2. The first-order chi connectivity index (χ1) is 13.1. The van der Waals surface area contributed by atoms with E-state index in [1.54, 1.807) is 4.57 Å². The number of aromatic nitrogens is 3. The van der Waals surface area contributed by atoms with Crippen molar-refractivity contribution in [1.82, 2.24) is 14.8 Å². The van der Waals surface area contributed by atoms with Crippen LogP contribution in [0.5, 0.6) is 0 Å². The number of primary amides is 1. The number of nitrogens with one attached hydrogen (secondary N) is 1. The Morgan fingerprint density at radius 1 is 1.15 bits per heavy atom. The van der Waals surface area contributed by atoms with E-state index < -0.39 is 5.91 Å². The Hall–Kier alpha value is -2.87. The number of hydrogen-bond acceptors (Lipinski definition) is 5. The maximum absolute atomic E-state index is 12.3. The summed E-state index contributed by atoms with van der Waals surface area (Å²) in [4.78, 5) is 23.7. The SMILES string of the molecule is NC(=O)Cn1c(SCC(=O)Nc2ccc3ccccc3c2)nnc1C1CC1. The first kappa shape index (κ1) is 17.5. The minimum atomic E-state index is -0.445. The lowest BCUT2D eigenvalue weighted by atomic mass is 10.1. The third-order valence-corrected chi connectivity index (χ3v) is 5.33. The Morgan fingerprint density at radius 2 is 1.93 bits per heavy atom. The number of thioether (sulfide) groups is 1. The number of hydrogen-bond donors (Lipinski definition) is 2. The highest BCUT2D eigenvalue weighted by Gasteiger charge is 2.31. The van der Waals surface area contributed by atoms with Crippen molar-refractivity contribution in [2.45, 2.75) is 30.5 Å². The van der Waals surface area contributed by atoms with Gasteiger partial charge in [-0.25, -0.2) is 0 Å². The zero-order valence-electron chi connectivity index (χ0n) is 14.6. The Labute approximate surface area is 160 Å². The fourth-order valence-electron chi connectivity index (χ4n) is 2.95. The largest absolute Gasteiger partial charge is 0.368 e. The molecule has 7 nitrogen and oxygen atoms in total. The molecule has 8 heteroatoms. The van der Waals surface area contributed by atoms with Crippen molar-refractivity contribution in [1.29, 1.82) is 0 Å². The molecule has 1 aliphatic carbocycles. The number of benzene rings is 2. The van der Waals surface area contributed by atoms with E-state index in [1.165, 1.54) is 11.8 Å². The van der Waals surface area contributed by atoms with Crippen molar-refractivity contribution in [3.8, 4) is 0 Å². The number of carbonyl (C=O) groups is 2. The van der Waals surface area contributed by atoms with E-state index in [9.17, 15) is 9.59 Å². The number of amides is 2. The van der Waals surface area contributed by atoms with E-state index in [-0.39, 0.29) is 18.2 Å². The molecule has 3 aromatic rings. The number of rotatable bonds is 7. The highest BCUT2D eigenvalue weighted by atomic mass is 32.2. The first-order valence-corrected chi connectivity index (χ1v) is 9.71. The summed E-state index contributed by atoms with van der Waals surface area (Å²) >= 11 is 1.26. The Kier molecular flexibility index (Phi) is 4.81. The van der Waals surface area contributed by atoms with Gasteiger partial charge in [0.05, 0.1) is 5.75 Å². The second-order valence-corrected chi connectivity index (χ2v) is 7.51. The molecule has 0 bridgehead atoms. The molecule has 0 atom stereocenters. The van der Waals surface area contributed by atoms with Gasteiger partial charge in [-0.05, 0) is 35.7 Å². The lowest BCUT2D eigenvalue weighted by Crippen LogP contribution is -2.21. The van der Waals surface area contributed by atoms with Gasteiger partial charge in [0.15, 0.2) is 5.16 Å². The summed E-state index contributed by atoms with van der Waals surface area (Å²) in [6, 6.07) is 13.8. The summed E-state index contributed by atoms with van der Waals surface area (Å²) in [6.45, 7) is 0.0352. The zero-order chi connectivity index (χ0) is 18.8. The number of anilines is 1. The van der Waals surface area contributed by atoms with Crippen molar-refractivity contribution >= 4 is 40.0 Å². The number of nitrogens with zero attached hydrogens (tertiary/aromatic N) is 3. The average molecular weight is 381 g/mol. The van der Waals surface area contributed by atoms with Crippen LogP contribution in [0.2, 0.25) is 0 Å². The van der Waals surface area contributed by atoms with Crippen molar-refractivity contribution in [3.63, 3.8) is 0 Å². The molecular weight excluding hydrogens is 362 g/mol. The molecule has 138 valence electrons. The zero-order valence-corrected chi connectivity index (χ0v) is 15.4. The van der Waals surface area contributed by atoms with Crippen molar-refractivity contribution in [3.05, 3.63) is 48.3 Å². The Morgan fingerprint density at radius 3 is 2.67 bits per heavy atom. The Balaban J connectivity index is 1.42. The van der Waals surface area contributed by atoms with Gasteiger partial charge in [0, 0.05) is 11.6 Å². The minimum absolute atomic E-state index is 0.0352. The lowest BCUT2D eigenvalue weighted by Gasteiger charge is -2.08. The first-order valence-electron chi connectivity index (χ1n) is 8.73. The minimum Gasteiger partial charge on any atom is -0.368 e. The molecule has 1 heterocycles. The van der Waals surface area contributed by atoms with E-state index in [0.29, 0.717) is 11.1 Å². The van der Waals surface area contributed by atoms with E-state index in [4.69, 9.17) is 5.73 Å². The van der Waals surface area contributed by atoms with Crippen LogP contribution in [0.3, 0.4) is 0 Å². The molecule has 1 aromatic heterocycles. The van der Waals surface area contributed by atoms with Gasteiger partial charge in [-0.15, -0.1) is 10.2 Å². The van der Waals surface area contributed by atoms with Crippen LogP contribution >= 0.6 is 11.8 Å². The number of nitrogens with two attached hydrogens (primary N) is 1. The molecule has 0 spiro atoms. The van der Waals surface area contributed by atoms with Gasteiger partial charge in [-0.1, -0.05) is 42.1 Å². The van der Waals surface area contributed by atoms with Crippen LogP contribution in [0.15, 0.2) is 47.6 Å². The summed E-state index contributed by atoms with van der Waals surface area (Å²) in [5.41, 5.74) is 6.09. The molecule has 0 radical (unpaired) electrons.